The van der Waals surface area contributed by atoms with Gasteiger partial charge < -0.3 is 15.0 Å². The molecule has 0 bridgehead atoms. The number of amides is 4. The predicted molar refractivity (Wildman–Crippen MR) is 92.8 cm³/mol. The summed E-state index contributed by atoms with van der Waals surface area (Å²) in [5, 5.41) is 2.55. The summed E-state index contributed by atoms with van der Waals surface area (Å²) >= 11 is 0. The summed E-state index contributed by atoms with van der Waals surface area (Å²) in [5.74, 6) is -1.66. The Hall–Kier alpha value is -2.90. The first-order chi connectivity index (χ1) is 12.3. The first kappa shape index (κ1) is 19.4. The van der Waals surface area contributed by atoms with Gasteiger partial charge in [-0.05, 0) is 18.9 Å². The van der Waals surface area contributed by atoms with Crippen molar-refractivity contribution < 1.29 is 23.9 Å². The molecule has 26 heavy (non-hydrogen) atoms. The van der Waals surface area contributed by atoms with Crippen LogP contribution in [0.5, 0.6) is 0 Å². The van der Waals surface area contributed by atoms with Crippen molar-refractivity contribution >= 4 is 23.8 Å². The maximum Gasteiger partial charge on any atom is 0.326 e. The van der Waals surface area contributed by atoms with Crippen LogP contribution in [0.1, 0.15) is 25.8 Å². The lowest BCUT2D eigenvalue weighted by molar-refractivity contribution is -0.153. The second-order valence-corrected chi connectivity index (χ2v) is 6.40. The van der Waals surface area contributed by atoms with E-state index in [2.05, 4.69) is 5.32 Å². The summed E-state index contributed by atoms with van der Waals surface area (Å²) in [4.78, 5) is 50.3. The van der Waals surface area contributed by atoms with Gasteiger partial charge in [-0.15, -0.1) is 0 Å². The van der Waals surface area contributed by atoms with Crippen LogP contribution < -0.4 is 5.32 Å². The first-order valence-corrected chi connectivity index (χ1v) is 8.34. The molecule has 1 N–H and O–H groups in total. The van der Waals surface area contributed by atoms with Crippen molar-refractivity contribution in [2.45, 2.75) is 32.4 Å². The Bertz CT molecular complexity index is 706. The molecule has 1 saturated heterocycles. The van der Waals surface area contributed by atoms with Crippen LogP contribution in [-0.4, -0.2) is 59.4 Å². The van der Waals surface area contributed by atoms with Crippen molar-refractivity contribution in [3.63, 3.8) is 0 Å². The monoisotopic (exact) mass is 361 g/mol. The van der Waals surface area contributed by atoms with Crippen LogP contribution in [0.25, 0.3) is 0 Å². The summed E-state index contributed by atoms with van der Waals surface area (Å²) in [6.07, 6.45) is 0.409. The Morgan fingerprint density at radius 1 is 1.23 bits per heavy atom. The Kier molecular flexibility index (Phi) is 5.97. The molecular formula is C18H23N3O5. The highest BCUT2D eigenvalue weighted by molar-refractivity contribution is 6.08. The van der Waals surface area contributed by atoms with E-state index in [-0.39, 0.29) is 5.91 Å². The van der Waals surface area contributed by atoms with E-state index in [0.717, 1.165) is 10.5 Å². The fourth-order valence-corrected chi connectivity index (χ4v) is 2.50. The molecule has 1 aliphatic heterocycles. The number of benzene rings is 1. The third-order valence-electron chi connectivity index (χ3n) is 4.38. The molecule has 1 heterocycles. The van der Waals surface area contributed by atoms with Gasteiger partial charge in [0, 0.05) is 13.6 Å². The topological polar surface area (TPSA) is 96.0 Å². The summed E-state index contributed by atoms with van der Waals surface area (Å²) in [7, 11) is 1.60. The molecule has 1 atom stereocenters. The molecule has 0 saturated carbocycles. The lowest BCUT2D eigenvalue weighted by Crippen LogP contribution is -2.43. The van der Waals surface area contributed by atoms with E-state index in [9.17, 15) is 19.2 Å². The molecule has 8 heteroatoms. The number of hydrogen-bond acceptors (Lipinski definition) is 5. The van der Waals surface area contributed by atoms with E-state index >= 15 is 0 Å². The average Bonchev–Trinajstić information content (AvgIpc) is 2.84. The molecule has 140 valence electrons. The minimum Gasteiger partial charge on any atom is -0.454 e. The molecule has 1 aromatic carbocycles. The largest absolute Gasteiger partial charge is 0.454 e. The van der Waals surface area contributed by atoms with Gasteiger partial charge >= 0.3 is 12.0 Å². The Morgan fingerprint density at radius 2 is 1.88 bits per heavy atom. The number of urea groups is 1. The zero-order valence-corrected chi connectivity index (χ0v) is 15.2. The van der Waals surface area contributed by atoms with Crippen molar-refractivity contribution in [3.05, 3.63) is 35.9 Å². The van der Waals surface area contributed by atoms with Gasteiger partial charge in [-0.25, -0.2) is 4.79 Å². The Morgan fingerprint density at radius 3 is 2.46 bits per heavy atom. The van der Waals surface area contributed by atoms with Crippen molar-refractivity contribution in [1.82, 2.24) is 15.1 Å². The van der Waals surface area contributed by atoms with E-state index in [4.69, 9.17) is 4.74 Å². The number of ether oxygens (including phenoxy) is 1. The minimum absolute atomic E-state index is 0.377. The first-order valence-electron chi connectivity index (χ1n) is 8.34. The van der Waals surface area contributed by atoms with E-state index in [1.807, 2.05) is 30.3 Å². The standard InChI is InChI=1S/C18H23N3O5/c1-4-18(2)16(24)21(17(25)19-18)11-15(23)26-12-14(22)20(3)10-13-8-6-5-7-9-13/h5-9H,4,10-12H2,1-3H3,(H,19,25)/t18-/m0/s1. The van der Waals surface area contributed by atoms with Gasteiger partial charge in [0.2, 0.25) is 0 Å². The van der Waals surface area contributed by atoms with Gasteiger partial charge in [0.25, 0.3) is 11.8 Å². The van der Waals surface area contributed by atoms with Crippen molar-refractivity contribution in [2.24, 2.45) is 0 Å². The smallest absolute Gasteiger partial charge is 0.326 e. The molecule has 0 aromatic heterocycles. The lowest BCUT2D eigenvalue weighted by Gasteiger charge is -2.19. The second kappa shape index (κ2) is 7.99. The van der Waals surface area contributed by atoms with Crippen LogP contribution in [0.3, 0.4) is 0 Å². The fourth-order valence-electron chi connectivity index (χ4n) is 2.50. The molecule has 0 radical (unpaired) electrons. The molecule has 1 aromatic rings. The Labute approximate surface area is 152 Å². The molecule has 1 fully saturated rings. The number of rotatable bonds is 7. The second-order valence-electron chi connectivity index (χ2n) is 6.40. The predicted octanol–water partition coefficient (Wildman–Crippen LogP) is 0.909. The number of nitrogens with zero attached hydrogens (tertiary/aromatic N) is 2. The zero-order valence-electron chi connectivity index (χ0n) is 15.2. The average molecular weight is 361 g/mol. The quantitative estimate of drug-likeness (QED) is 0.575. The summed E-state index contributed by atoms with van der Waals surface area (Å²) in [6, 6.07) is 8.76. The number of nitrogens with one attached hydrogen (secondary N) is 1. The van der Waals surface area contributed by atoms with Crippen LogP contribution >= 0.6 is 0 Å². The number of imide groups is 1. The van der Waals surface area contributed by atoms with Gasteiger partial charge in [0.05, 0.1) is 0 Å². The third-order valence-corrected chi connectivity index (χ3v) is 4.38. The van der Waals surface area contributed by atoms with Gasteiger partial charge in [-0.3, -0.25) is 19.3 Å². The maximum absolute atomic E-state index is 12.2. The van der Waals surface area contributed by atoms with Crippen molar-refractivity contribution in [1.29, 1.82) is 0 Å². The molecule has 8 nitrogen and oxygen atoms in total. The zero-order chi connectivity index (χ0) is 19.3. The van der Waals surface area contributed by atoms with Crippen molar-refractivity contribution in [3.8, 4) is 0 Å². The number of carbonyl (C=O) groups excluding carboxylic acids is 4. The van der Waals surface area contributed by atoms with Gasteiger partial charge in [-0.1, -0.05) is 37.3 Å². The maximum atomic E-state index is 12.2. The van der Waals surface area contributed by atoms with E-state index < -0.39 is 36.6 Å². The fraction of sp³-hybridized carbons (Fsp3) is 0.444. The van der Waals surface area contributed by atoms with Gasteiger partial charge in [0.1, 0.15) is 12.1 Å². The van der Waals surface area contributed by atoms with Crippen LogP contribution in [0.4, 0.5) is 4.79 Å². The van der Waals surface area contributed by atoms with E-state index in [1.165, 1.54) is 4.90 Å². The molecule has 0 aliphatic carbocycles. The van der Waals surface area contributed by atoms with E-state index in [1.54, 1.807) is 20.9 Å². The molecule has 1 aliphatic rings. The highest BCUT2D eigenvalue weighted by Gasteiger charge is 2.47. The van der Waals surface area contributed by atoms with Gasteiger partial charge in [0.15, 0.2) is 6.61 Å². The summed E-state index contributed by atoms with van der Waals surface area (Å²) < 4.78 is 4.92. The number of esters is 1. The molecule has 0 unspecified atom stereocenters. The van der Waals surface area contributed by atoms with Crippen molar-refractivity contribution in [2.75, 3.05) is 20.2 Å². The molecular weight excluding hydrogens is 338 g/mol. The summed E-state index contributed by atoms with van der Waals surface area (Å²) in [5.41, 5.74) is -0.0591. The molecule has 4 amide bonds. The van der Waals surface area contributed by atoms with Crippen LogP contribution in [-0.2, 0) is 25.7 Å². The minimum atomic E-state index is -1.01. The Balaban J connectivity index is 1.82. The van der Waals surface area contributed by atoms with Crippen LogP contribution in [0, 0.1) is 0 Å². The highest BCUT2D eigenvalue weighted by atomic mass is 16.5. The van der Waals surface area contributed by atoms with Crippen LogP contribution in [0.15, 0.2) is 30.3 Å². The van der Waals surface area contributed by atoms with Gasteiger partial charge in [-0.2, -0.15) is 0 Å². The number of likely N-dealkylation sites (N-methyl/N-ethyl adjacent to an activating group) is 1. The van der Waals surface area contributed by atoms with E-state index in [0.29, 0.717) is 13.0 Å². The molecule has 0 spiro atoms. The lowest BCUT2D eigenvalue weighted by atomic mass is 9.99. The summed E-state index contributed by atoms with van der Waals surface area (Å²) in [6.45, 7) is 2.79. The number of hydrogen-bond donors (Lipinski definition) is 1. The molecule has 2 rings (SSSR count). The SMILES string of the molecule is CC[C@]1(C)NC(=O)N(CC(=O)OCC(=O)N(C)Cc2ccccc2)C1=O. The highest BCUT2D eigenvalue weighted by Crippen LogP contribution is 2.20. The normalized spacial score (nSPS) is 19.3. The van der Waals surface area contributed by atoms with Crippen LogP contribution in [0.2, 0.25) is 0 Å². The third kappa shape index (κ3) is 4.38. The number of carbonyl (C=O) groups is 4.